The number of amides is 2. The van der Waals surface area contributed by atoms with E-state index >= 15 is 0 Å². The van der Waals surface area contributed by atoms with E-state index in [0.717, 1.165) is 5.57 Å². The zero-order chi connectivity index (χ0) is 23.9. The van der Waals surface area contributed by atoms with Crippen LogP contribution in [-0.2, 0) is 21.1 Å². The van der Waals surface area contributed by atoms with Gasteiger partial charge in [0.25, 0.3) is 5.91 Å². The molecule has 0 radical (unpaired) electrons. The van der Waals surface area contributed by atoms with E-state index in [1.807, 2.05) is 0 Å². The van der Waals surface area contributed by atoms with E-state index in [1.165, 1.54) is 25.1 Å². The molecule has 2 aromatic rings. The fourth-order valence-electron chi connectivity index (χ4n) is 4.21. The highest BCUT2D eigenvalue weighted by Gasteiger charge is 2.28. The molecule has 6 nitrogen and oxygen atoms in total. The smallest absolute Gasteiger partial charge is 0.253 e. The van der Waals surface area contributed by atoms with Crippen LogP contribution in [0.4, 0.5) is 14.5 Å². The summed E-state index contributed by atoms with van der Waals surface area (Å²) in [5, 5.41) is 5.44. The Bertz CT molecular complexity index is 1290. The van der Waals surface area contributed by atoms with Crippen LogP contribution in [0.15, 0.2) is 36.4 Å². The van der Waals surface area contributed by atoms with Crippen molar-refractivity contribution in [3.63, 3.8) is 0 Å². The maximum atomic E-state index is 14.8. The number of hydrogen-bond acceptors (Lipinski definition) is 4. The van der Waals surface area contributed by atoms with Crippen LogP contribution in [-0.4, -0.2) is 31.7 Å². The third kappa shape index (κ3) is 4.68. The van der Waals surface area contributed by atoms with Crippen LogP contribution >= 0.6 is 0 Å². The lowest BCUT2D eigenvalue weighted by atomic mass is 9.95. The number of rotatable bonds is 5. The highest BCUT2D eigenvalue weighted by molar-refractivity contribution is 7.91. The van der Waals surface area contributed by atoms with Gasteiger partial charge in [0.15, 0.2) is 9.84 Å². The molecule has 0 bridgehead atoms. The molecule has 0 saturated heterocycles. The summed E-state index contributed by atoms with van der Waals surface area (Å²) in [4.78, 5) is 25.2. The van der Waals surface area contributed by atoms with Crippen LogP contribution in [0.25, 0.3) is 5.57 Å². The van der Waals surface area contributed by atoms with E-state index in [1.54, 1.807) is 25.1 Å². The summed E-state index contributed by atoms with van der Waals surface area (Å²) in [5.74, 6) is -1.53. The van der Waals surface area contributed by atoms with Gasteiger partial charge in [0.1, 0.15) is 12.0 Å². The maximum Gasteiger partial charge on any atom is 0.253 e. The van der Waals surface area contributed by atoms with Gasteiger partial charge in [-0.25, -0.2) is 17.2 Å². The number of halogens is 2. The minimum atomic E-state index is -3.12. The van der Waals surface area contributed by atoms with Crippen LogP contribution < -0.4 is 10.6 Å². The molecule has 2 aliphatic heterocycles. The quantitative estimate of drug-likeness (QED) is 0.684. The summed E-state index contributed by atoms with van der Waals surface area (Å²) in [7, 11) is -3.12. The molecule has 1 unspecified atom stereocenters. The van der Waals surface area contributed by atoms with Gasteiger partial charge in [-0.2, -0.15) is 0 Å². The average Bonchev–Trinajstić information content (AvgIpc) is 3.12. The van der Waals surface area contributed by atoms with Crippen molar-refractivity contribution in [2.75, 3.05) is 16.8 Å². The molecule has 9 heteroatoms. The van der Waals surface area contributed by atoms with E-state index in [0.29, 0.717) is 23.2 Å². The summed E-state index contributed by atoms with van der Waals surface area (Å²) in [6.07, 6.45) is 0.568. The fraction of sp³-hybridized carbons (Fsp3) is 0.333. The Morgan fingerprint density at radius 1 is 1.18 bits per heavy atom. The van der Waals surface area contributed by atoms with Gasteiger partial charge in [-0.1, -0.05) is 24.3 Å². The highest BCUT2D eigenvalue weighted by atomic mass is 32.2. The lowest BCUT2D eigenvalue weighted by Crippen LogP contribution is -2.28. The number of fused-ring (bicyclic) bond motifs is 1. The molecule has 2 atom stereocenters. The summed E-state index contributed by atoms with van der Waals surface area (Å²) in [5.41, 5.74) is 2.80. The van der Waals surface area contributed by atoms with Gasteiger partial charge in [-0.15, -0.1) is 0 Å². The van der Waals surface area contributed by atoms with Crippen molar-refractivity contribution < 1.29 is 26.8 Å². The molecular weight excluding hydrogens is 450 g/mol. The number of allylic oxidation sites excluding steroid dienone is 1. The first kappa shape index (κ1) is 23.1. The Kier molecular flexibility index (Phi) is 6.09. The van der Waals surface area contributed by atoms with Gasteiger partial charge in [0, 0.05) is 11.1 Å². The Morgan fingerprint density at radius 2 is 1.91 bits per heavy atom. The van der Waals surface area contributed by atoms with Gasteiger partial charge in [0.05, 0.1) is 35.2 Å². The van der Waals surface area contributed by atoms with Crippen molar-refractivity contribution in [1.29, 1.82) is 0 Å². The zero-order valence-electron chi connectivity index (χ0n) is 18.2. The molecule has 2 aliphatic rings. The van der Waals surface area contributed by atoms with Gasteiger partial charge in [-0.3, -0.25) is 9.59 Å². The second-order valence-electron chi connectivity index (χ2n) is 8.44. The predicted octanol–water partition coefficient (Wildman–Crippen LogP) is 4.04. The topological polar surface area (TPSA) is 92.3 Å². The van der Waals surface area contributed by atoms with Gasteiger partial charge in [0.2, 0.25) is 5.91 Å². The molecule has 2 aromatic carbocycles. The second kappa shape index (κ2) is 8.70. The van der Waals surface area contributed by atoms with Crippen LogP contribution in [0.5, 0.6) is 0 Å². The number of alkyl halides is 1. The number of carbonyl (C=O) groups excluding carboxylic acids is 2. The summed E-state index contributed by atoms with van der Waals surface area (Å²) in [6, 6.07) is 7.04. The highest BCUT2D eigenvalue weighted by Crippen LogP contribution is 2.34. The molecule has 2 amide bonds. The van der Waals surface area contributed by atoms with Crippen molar-refractivity contribution >= 4 is 32.9 Å². The number of sulfone groups is 1. The molecule has 33 heavy (non-hydrogen) atoms. The second-order valence-corrected chi connectivity index (χ2v) is 10.7. The Labute approximate surface area is 191 Å². The third-order valence-corrected chi connectivity index (χ3v) is 7.52. The summed E-state index contributed by atoms with van der Waals surface area (Å²) in [6.45, 7) is 2.84. The number of carbonyl (C=O) groups is 2. The summed E-state index contributed by atoms with van der Waals surface area (Å²) >= 11 is 0. The molecule has 2 N–H and O–H groups in total. The molecule has 4 rings (SSSR count). The van der Waals surface area contributed by atoms with E-state index in [2.05, 4.69) is 10.6 Å². The minimum absolute atomic E-state index is 0.0221. The lowest BCUT2D eigenvalue weighted by Gasteiger charge is -2.20. The molecule has 0 aromatic heterocycles. The van der Waals surface area contributed by atoms with E-state index in [4.69, 9.17) is 0 Å². The molecule has 0 saturated carbocycles. The van der Waals surface area contributed by atoms with Gasteiger partial charge >= 0.3 is 0 Å². The van der Waals surface area contributed by atoms with Crippen molar-refractivity contribution in [2.24, 2.45) is 0 Å². The van der Waals surface area contributed by atoms with Crippen molar-refractivity contribution in [3.8, 4) is 0 Å². The largest absolute Gasteiger partial charge is 0.345 e. The van der Waals surface area contributed by atoms with E-state index < -0.39 is 33.8 Å². The monoisotopic (exact) mass is 474 g/mol. The Balaban J connectivity index is 1.67. The number of benzene rings is 2. The first-order chi connectivity index (χ1) is 15.6. The minimum Gasteiger partial charge on any atom is -0.345 e. The molecule has 0 aliphatic carbocycles. The lowest BCUT2D eigenvalue weighted by molar-refractivity contribution is -0.115. The standard InChI is InChI=1S/C24H24F2N2O4S/c1-13(25)18-4-3-5-19(22(18)26)14(2)27-24(30)20-11-16(10-17-12-21(29)28-23(17)20)15-6-8-33(31,32)9-7-15/h3-6,10-11,13-14H,7-9,12H2,1-2H3,(H,27,30)(H,28,29)/t13?,14-/m1/s1. The van der Waals surface area contributed by atoms with E-state index in [9.17, 15) is 26.8 Å². The molecule has 0 spiro atoms. The van der Waals surface area contributed by atoms with Gasteiger partial charge < -0.3 is 10.6 Å². The van der Waals surface area contributed by atoms with Crippen LogP contribution in [0.3, 0.4) is 0 Å². The van der Waals surface area contributed by atoms with Crippen molar-refractivity contribution in [1.82, 2.24) is 5.32 Å². The Hall–Kier alpha value is -3.07. The summed E-state index contributed by atoms with van der Waals surface area (Å²) < 4.78 is 52.0. The number of nitrogens with one attached hydrogen (secondary N) is 2. The number of anilines is 1. The van der Waals surface area contributed by atoms with E-state index in [-0.39, 0.29) is 40.5 Å². The fourth-order valence-corrected chi connectivity index (χ4v) is 5.37. The molecule has 2 heterocycles. The predicted molar refractivity (Wildman–Crippen MR) is 122 cm³/mol. The third-order valence-electron chi connectivity index (χ3n) is 6.02. The number of hydrogen-bond donors (Lipinski definition) is 2. The van der Waals surface area contributed by atoms with Crippen molar-refractivity contribution in [2.45, 2.75) is 38.9 Å². The average molecular weight is 475 g/mol. The Morgan fingerprint density at radius 3 is 2.58 bits per heavy atom. The van der Waals surface area contributed by atoms with Gasteiger partial charge in [-0.05, 0) is 49.1 Å². The maximum absolute atomic E-state index is 14.8. The molecule has 0 fully saturated rings. The normalized spacial score (nSPS) is 18.7. The van der Waals surface area contributed by atoms with Crippen LogP contribution in [0.1, 0.15) is 65.1 Å². The molecular formula is C24H24F2N2O4S. The first-order valence-corrected chi connectivity index (χ1v) is 12.5. The van der Waals surface area contributed by atoms with Crippen LogP contribution in [0.2, 0.25) is 0 Å². The van der Waals surface area contributed by atoms with Crippen molar-refractivity contribution in [3.05, 3.63) is 70.0 Å². The first-order valence-electron chi connectivity index (χ1n) is 10.7. The van der Waals surface area contributed by atoms with Crippen LogP contribution in [0, 0.1) is 5.82 Å². The molecule has 174 valence electrons. The SMILES string of the molecule is CC(F)c1cccc([C@@H](C)NC(=O)c2cc(C3=CCS(=O)(=O)CC3)cc3c2NC(=O)C3)c1F. The zero-order valence-corrected chi connectivity index (χ0v) is 19.1.